The molecule has 0 atom stereocenters. The Bertz CT molecular complexity index is 1080. The summed E-state index contributed by atoms with van der Waals surface area (Å²) in [5.41, 5.74) is 8.83. The Balaban J connectivity index is 1.78. The van der Waals surface area contributed by atoms with Crippen LogP contribution in [0.1, 0.15) is 0 Å². The largest absolute Gasteiger partial charge is 0.383 e. The topological polar surface area (TPSA) is 76.7 Å². The summed E-state index contributed by atoms with van der Waals surface area (Å²) >= 11 is 12.6. The van der Waals surface area contributed by atoms with E-state index in [-0.39, 0.29) is 0 Å². The fourth-order valence-corrected chi connectivity index (χ4v) is 3.24. The lowest BCUT2D eigenvalue weighted by Crippen LogP contribution is -2.01. The lowest BCUT2D eigenvalue weighted by atomic mass is 10.1. The van der Waals surface area contributed by atoms with Crippen molar-refractivity contribution in [2.45, 2.75) is 0 Å². The first-order valence-corrected chi connectivity index (χ1v) is 8.57. The predicted molar refractivity (Wildman–Crippen MR) is 107 cm³/mol. The van der Waals surface area contributed by atoms with Crippen molar-refractivity contribution in [2.75, 3.05) is 11.1 Å². The maximum absolute atomic E-state index is 6.29. The van der Waals surface area contributed by atoms with E-state index in [0.29, 0.717) is 38.6 Å². The summed E-state index contributed by atoms with van der Waals surface area (Å²) in [6.45, 7) is 0. The van der Waals surface area contributed by atoms with E-state index in [1.54, 1.807) is 24.4 Å². The number of benzene rings is 2. The van der Waals surface area contributed by atoms with Gasteiger partial charge in [0.25, 0.3) is 0 Å². The normalized spacial score (nSPS) is 10.8. The number of para-hydroxylation sites is 1. The molecular formula is C19H13Cl2N5. The average molecular weight is 382 g/mol. The number of anilines is 3. The predicted octanol–water partition coefficient (Wildman–Crippen LogP) is 5.32. The molecule has 4 rings (SSSR count). The van der Waals surface area contributed by atoms with Crippen molar-refractivity contribution in [3.05, 3.63) is 70.8 Å². The fraction of sp³-hybridized carbons (Fsp3) is 0. The van der Waals surface area contributed by atoms with E-state index in [9.17, 15) is 0 Å². The molecule has 0 amide bonds. The minimum Gasteiger partial charge on any atom is -0.383 e. The van der Waals surface area contributed by atoms with Crippen LogP contribution in [-0.4, -0.2) is 15.0 Å². The molecule has 5 nitrogen and oxygen atoms in total. The zero-order valence-electron chi connectivity index (χ0n) is 13.4. The molecule has 4 aromatic rings. The van der Waals surface area contributed by atoms with Gasteiger partial charge in [0.1, 0.15) is 5.82 Å². The quantitative estimate of drug-likeness (QED) is 0.501. The molecule has 2 aromatic heterocycles. The van der Waals surface area contributed by atoms with Crippen molar-refractivity contribution in [1.29, 1.82) is 0 Å². The van der Waals surface area contributed by atoms with E-state index in [1.807, 2.05) is 36.4 Å². The number of halogens is 2. The molecule has 0 unspecified atom stereocenters. The molecule has 3 N–H and O–H groups in total. The molecule has 2 heterocycles. The molecule has 0 saturated heterocycles. The first kappa shape index (κ1) is 16.6. The first-order chi connectivity index (χ1) is 12.6. The number of nitrogens with zero attached hydrogens (tertiary/aromatic N) is 3. The highest BCUT2D eigenvalue weighted by Crippen LogP contribution is 2.38. The van der Waals surface area contributed by atoms with Crippen molar-refractivity contribution in [3.63, 3.8) is 0 Å². The Labute approximate surface area is 159 Å². The van der Waals surface area contributed by atoms with Gasteiger partial charge in [-0.05, 0) is 30.3 Å². The zero-order valence-corrected chi connectivity index (χ0v) is 15.0. The number of hydrogen-bond donors (Lipinski definition) is 2. The maximum Gasteiger partial charge on any atom is 0.229 e. The van der Waals surface area contributed by atoms with Crippen molar-refractivity contribution < 1.29 is 0 Å². The standard InChI is InChI=1S/C19H13Cl2N5/c20-14-7-4-8-15(21)16(14)13-9-11-10-23-19(26-18(11)25-17(13)22)24-12-5-2-1-3-6-12/h1-10H,(H3,22,23,24,25,26). The molecule has 2 aromatic carbocycles. The molecule has 7 heteroatoms. The van der Waals surface area contributed by atoms with E-state index in [4.69, 9.17) is 28.9 Å². The van der Waals surface area contributed by atoms with Gasteiger partial charge >= 0.3 is 0 Å². The molecule has 0 spiro atoms. The van der Waals surface area contributed by atoms with Crippen LogP contribution >= 0.6 is 23.2 Å². The molecule has 128 valence electrons. The minimum atomic E-state index is 0.303. The number of fused-ring (bicyclic) bond motifs is 1. The summed E-state index contributed by atoms with van der Waals surface area (Å²) in [5, 5.41) is 4.89. The second kappa shape index (κ2) is 6.78. The monoisotopic (exact) mass is 381 g/mol. The Kier molecular flexibility index (Phi) is 4.32. The fourth-order valence-electron chi connectivity index (χ4n) is 2.64. The number of pyridine rings is 1. The summed E-state index contributed by atoms with van der Waals surface area (Å²) in [6, 6.07) is 16.8. The van der Waals surface area contributed by atoms with Crippen LogP contribution in [0.2, 0.25) is 10.0 Å². The van der Waals surface area contributed by atoms with E-state index in [0.717, 1.165) is 11.1 Å². The lowest BCUT2D eigenvalue weighted by molar-refractivity contribution is 1.18. The van der Waals surface area contributed by atoms with Crippen LogP contribution in [0.3, 0.4) is 0 Å². The van der Waals surface area contributed by atoms with Crippen LogP contribution < -0.4 is 11.1 Å². The smallest absolute Gasteiger partial charge is 0.229 e. The first-order valence-electron chi connectivity index (χ1n) is 7.81. The van der Waals surface area contributed by atoms with Crippen molar-refractivity contribution in [2.24, 2.45) is 0 Å². The third-order valence-corrected chi connectivity index (χ3v) is 4.49. The van der Waals surface area contributed by atoms with Crippen LogP contribution in [0.15, 0.2) is 60.8 Å². The van der Waals surface area contributed by atoms with Crippen LogP contribution in [0.4, 0.5) is 17.5 Å². The van der Waals surface area contributed by atoms with E-state index >= 15 is 0 Å². The van der Waals surface area contributed by atoms with E-state index in [1.165, 1.54) is 0 Å². The molecule has 0 bridgehead atoms. The lowest BCUT2D eigenvalue weighted by Gasteiger charge is -2.11. The number of nitrogens with two attached hydrogens (primary N) is 1. The number of hydrogen-bond acceptors (Lipinski definition) is 5. The number of rotatable bonds is 3. The Hall–Kier alpha value is -2.89. The van der Waals surface area contributed by atoms with Crippen LogP contribution in [0.5, 0.6) is 0 Å². The molecule has 0 aliphatic heterocycles. The Morgan fingerprint density at radius 2 is 1.62 bits per heavy atom. The van der Waals surface area contributed by atoms with Crippen LogP contribution in [-0.2, 0) is 0 Å². The van der Waals surface area contributed by atoms with Gasteiger partial charge in [0.15, 0.2) is 5.65 Å². The van der Waals surface area contributed by atoms with Gasteiger partial charge in [0, 0.05) is 28.4 Å². The summed E-state index contributed by atoms with van der Waals surface area (Å²) in [4.78, 5) is 13.2. The molecular weight excluding hydrogens is 369 g/mol. The number of nitrogen functional groups attached to an aromatic ring is 1. The van der Waals surface area contributed by atoms with Crippen molar-refractivity contribution in [3.8, 4) is 11.1 Å². The van der Waals surface area contributed by atoms with Crippen LogP contribution in [0, 0.1) is 0 Å². The van der Waals surface area contributed by atoms with Gasteiger partial charge in [-0.15, -0.1) is 0 Å². The van der Waals surface area contributed by atoms with Gasteiger partial charge in [0.05, 0.1) is 10.0 Å². The van der Waals surface area contributed by atoms with E-state index in [2.05, 4.69) is 20.3 Å². The summed E-state index contributed by atoms with van der Waals surface area (Å²) in [7, 11) is 0. The van der Waals surface area contributed by atoms with Gasteiger partial charge in [-0.3, -0.25) is 0 Å². The zero-order chi connectivity index (χ0) is 18.1. The number of nitrogens with one attached hydrogen (secondary N) is 1. The van der Waals surface area contributed by atoms with Crippen molar-refractivity contribution >= 4 is 51.7 Å². The average Bonchev–Trinajstić information content (AvgIpc) is 2.63. The third kappa shape index (κ3) is 3.14. The minimum absolute atomic E-state index is 0.303. The molecule has 26 heavy (non-hydrogen) atoms. The van der Waals surface area contributed by atoms with Crippen molar-refractivity contribution in [1.82, 2.24) is 15.0 Å². The van der Waals surface area contributed by atoms with Gasteiger partial charge < -0.3 is 11.1 Å². The Morgan fingerprint density at radius 1 is 0.885 bits per heavy atom. The summed E-state index contributed by atoms with van der Waals surface area (Å²) < 4.78 is 0. The van der Waals surface area contributed by atoms with Gasteiger partial charge in [-0.2, -0.15) is 4.98 Å². The second-order valence-electron chi connectivity index (χ2n) is 5.62. The van der Waals surface area contributed by atoms with Gasteiger partial charge in [-0.25, -0.2) is 9.97 Å². The summed E-state index contributed by atoms with van der Waals surface area (Å²) in [6.07, 6.45) is 1.69. The van der Waals surface area contributed by atoms with E-state index < -0.39 is 0 Å². The third-order valence-electron chi connectivity index (χ3n) is 3.86. The highest BCUT2D eigenvalue weighted by Gasteiger charge is 2.14. The second-order valence-corrected chi connectivity index (χ2v) is 6.43. The van der Waals surface area contributed by atoms with Gasteiger partial charge in [0.2, 0.25) is 5.95 Å². The molecule has 0 aliphatic rings. The molecule has 0 aliphatic carbocycles. The van der Waals surface area contributed by atoms with Gasteiger partial charge in [-0.1, -0.05) is 47.5 Å². The molecule has 0 radical (unpaired) electrons. The Morgan fingerprint density at radius 3 is 2.35 bits per heavy atom. The highest BCUT2D eigenvalue weighted by atomic mass is 35.5. The summed E-state index contributed by atoms with van der Waals surface area (Å²) in [5.74, 6) is 0.746. The maximum atomic E-state index is 6.29. The molecule has 0 saturated carbocycles. The molecule has 0 fully saturated rings. The highest BCUT2D eigenvalue weighted by molar-refractivity contribution is 6.39. The number of aromatic nitrogens is 3. The van der Waals surface area contributed by atoms with Crippen LogP contribution in [0.25, 0.3) is 22.2 Å². The SMILES string of the molecule is Nc1nc2nc(Nc3ccccc3)ncc2cc1-c1c(Cl)cccc1Cl.